The van der Waals surface area contributed by atoms with E-state index in [2.05, 4.69) is 20.7 Å². The molecule has 1 heterocycles. The normalized spacial score (nSPS) is 11.6. The second kappa shape index (κ2) is 6.44. The number of hydrogen-bond acceptors (Lipinski definition) is 4. The molecule has 0 bridgehead atoms. The maximum atomic E-state index is 12.2. The van der Waals surface area contributed by atoms with Crippen LogP contribution in [0.4, 0.5) is 5.69 Å². The van der Waals surface area contributed by atoms with Gasteiger partial charge >= 0.3 is 0 Å². The van der Waals surface area contributed by atoms with Crippen LogP contribution in [-0.4, -0.2) is 20.1 Å². The SMILES string of the molecule is O=S(=O)(Nc1ccc(Br)cc1Cl)c1ccc(CCO)s1. The van der Waals surface area contributed by atoms with Gasteiger partial charge in [0.25, 0.3) is 10.0 Å². The van der Waals surface area contributed by atoms with Crippen molar-refractivity contribution in [3.8, 4) is 0 Å². The highest BCUT2D eigenvalue weighted by Gasteiger charge is 2.18. The summed E-state index contributed by atoms with van der Waals surface area (Å²) in [6, 6.07) is 8.12. The number of aliphatic hydroxyl groups excluding tert-OH is 1. The Balaban J connectivity index is 2.26. The van der Waals surface area contributed by atoms with E-state index in [4.69, 9.17) is 16.7 Å². The van der Waals surface area contributed by atoms with Crippen molar-refractivity contribution in [2.24, 2.45) is 0 Å². The van der Waals surface area contributed by atoms with Crippen LogP contribution in [0, 0.1) is 0 Å². The summed E-state index contributed by atoms with van der Waals surface area (Å²) in [5, 5.41) is 9.16. The van der Waals surface area contributed by atoms with Crippen molar-refractivity contribution in [1.29, 1.82) is 0 Å². The second-order valence-electron chi connectivity index (χ2n) is 3.92. The Morgan fingerprint density at radius 2 is 2.05 bits per heavy atom. The predicted octanol–water partition coefficient (Wildman–Crippen LogP) is 3.50. The lowest BCUT2D eigenvalue weighted by molar-refractivity contribution is 0.300. The lowest BCUT2D eigenvalue weighted by Crippen LogP contribution is -2.11. The molecule has 0 saturated carbocycles. The Morgan fingerprint density at radius 1 is 1.30 bits per heavy atom. The molecular formula is C12H11BrClNO3S2. The Hall–Kier alpha value is -0.600. The zero-order valence-electron chi connectivity index (χ0n) is 10.1. The molecule has 20 heavy (non-hydrogen) atoms. The Morgan fingerprint density at radius 3 is 2.70 bits per heavy atom. The van der Waals surface area contributed by atoms with Gasteiger partial charge in [0.2, 0.25) is 0 Å². The fourth-order valence-electron chi connectivity index (χ4n) is 1.51. The number of halogens is 2. The summed E-state index contributed by atoms with van der Waals surface area (Å²) in [4.78, 5) is 0.815. The van der Waals surface area contributed by atoms with Crippen LogP contribution in [0.25, 0.3) is 0 Å². The highest BCUT2D eigenvalue weighted by molar-refractivity contribution is 9.10. The van der Waals surface area contributed by atoms with Crippen LogP contribution in [0.5, 0.6) is 0 Å². The molecule has 0 amide bonds. The van der Waals surface area contributed by atoms with Gasteiger partial charge in [-0.15, -0.1) is 11.3 Å². The topological polar surface area (TPSA) is 66.4 Å². The third kappa shape index (κ3) is 3.73. The van der Waals surface area contributed by atoms with Gasteiger partial charge in [0.1, 0.15) is 4.21 Å². The standard InChI is InChI=1S/C12H11BrClNO3S2/c13-8-1-3-11(10(14)7-8)15-20(17,18)12-4-2-9(19-12)5-6-16/h1-4,7,15-16H,5-6H2. The van der Waals surface area contributed by atoms with E-state index in [1.54, 1.807) is 24.3 Å². The molecule has 8 heteroatoms. The molecule has 1 aromatic heterocycles. The first-order valence-corrected chi connectivity index (χ1v) is 9.07. The van der Waals surface area contributed by atoms with Crippen LogP contribution in [0.15, 0.2) is 39.0 Å². The zero-order chi connectivity index (χ0) is 14.8. The number of nitrogens with one attached hydrogen (secondary N) is 1. The van der Waals surface area contributed by atoms with E-state index in [1.807, 2.05) is 0 Å². The molecule has 0 aliphatic rings. The zero-order valence-corrected chi connectivity index (χ0v) is 14.1. The largest absolute Gasteiger partial charge is 0.396 e. The molecule has 2 aromatic rings. The molecule has 0 radical (unpaired) electrons. The molecule has 2 rings (SSSR count). The first-order chi connectivity index (χ1) is 9.42. The third-order valence-corrected chi connectivity index (χ3v) is 6.24. The van der Waals surface area contributed by atoms with Gasteiger partial charge in [-0.25, -0.2) is 8.42 Å². The van der Waals surface area contributed by atoms with E-state index in [-0.39, 0.29) is 10.8 Å². The highest BCUT2D eigenvalue weighted by atomic mass is 79.9. The first kappa shape index (κ1) is 15.8. The van der Waals surface area contributed by atoms with Gasteiger partial charge in [0, 0.05) is 22.4 Å². The number of rotatable bonds is 5. The van der Waals surface area contributed by atoms with E-state index < -0.39 is 10.0 Å². The molecule has 1 aromatic carbocycles. The molecule has 0 atom stereocenters. The lowest BCUT2D eigenvalue weighted by Gasteiger charge is -2.08. The van der Waals surface area contributed by atoms with Gasteiger partial charge in [-0.05, 0) is 30.3 Å². The predicted molar refractivity (Wildman–Crippen MR) is 85.1 cm³/mol. The van der Waals surface area contributed by atoms with Crippen molar-refractivity contribution in [1.82, 2.24) is 0 Å². The quantitative estimate of drug-likeness (QED) is 0.813. The summed E-state index contributed by atoms with van der Waals surface area (Å²) in [6.07, 6.45) is 0.444. The smallest absolute Gasteiger partial charge is 0.271 e. The van der Waals surface area contributed by atoms with E-state index >= 15 is 0 Å². The van der Waals surface area contributed by atoms with Crippen molar-refractivity contribution in [2.75, 3.05) is 11.3 Å². The average Bonchev–Trinajstić information content (AvgIpc) is 2.83. The molecule has 0 aliphatic carbocycles. The van der Waals surface area contributed by atoms with Crippen LogP contribution < -0.4 is 4.72 Å². The number of thiophene rings is 1. The first-order valence-electron chi connectivity index (χ1n) is 5.60. The summed E-state index contributed by atoms with van der Waals surface area (Å²) in [6.45, 7) is -0.00797. The van der Waals surface area contributed by atoms with Crippen molar-refractivity contribution in [2.45, 2.75) is 10.6 Å². The van der Waals surface area contributed by atoms with E-state index in [0.29, 0.717) is 17.1 Å². The van der Waals surface area contributed by atoms with Gasteiger partial charge in [-0.2, -0.15) is 0 Å². The minimum atomic E-state index is -3.66. The average molecular weight is 397 g/mol. The minimum Gasteiger partial charge on any atom is -0.396 e. The Kier molecular flexibility index (Phi) is 5.09. The number of anilines is 1. The number of sulfonamides is 1. The van der Waals surface area contributed by atoms with Gasteiger partial charge in [-0.3, -0.25) is 4.72 Å². The molecule has 0 spiro atoms. The van der Waals surface area contributed by atoms with Crippen LogP contribution in [0.1, 0.15) is 4.88 Å². The molecule has 4 nitrogen and oxygen atoms in total. The Labute approximate surface area is 134 Å². The van der Waals surface area contributed by atoms with Gasteiger partial charge in [0.15, 0.2) is 0 Å². The van der Waals surface area contributed by atoms with Crippen LogP contribution >= 0.6 is 38.9 Å². The maximum Gasteiger partial charge on any atom is 0.271 e. The van der Waals surface area contributed by atoms with Crippen molar-refractivity contribution in [3.05, 3.63) is 44.7 Å². The minimum absolute atomic E-state index is 0.00797. The molecule has 0 unspecified atom stereocenters. The summed E-state index contributed by atoms with van der Waals surface area (Å²) in [5.41, 5.74) is 0.326. The van der Waals surface area contributed by atoms with Gasteiger partial charge in [-0.1, -0.05) is 27.5 Å². The lowest BCUT2D eigenvalue weighted by atomic mass is 10.3. The summed E-state index contributed by atoms with van der Waals surface area (Å²) in [5.74, 6) is 0. The molecule has 108 valence electrons. The van der Waals surface area contributed by atoms with E-state index in [9.17, 15) is 8.42 Å². The van der Waals surface area contributed by atoms with Crippen LogP contribution in [0.2, 0.25) is 5.02 Å². The maximum absolute atomic E-state index is 12.2. The molecule has 0 aliphatic heterocycles. The van der Waals surface area contributed by atoms with Crippen LogP contribution in [0.3, 0.4) is 0 Å². The van der Waals surface area contributed by atoms with Gasteiger partial charge < -0.3 is 5.11 Å². The van der Waals surface area contributed by atoms with Crippen LogP contribution in [-0.2, 0) is 16.4 Å². The number of benzene rings is 1. The fraction of sp³-hybridized carbons (Fsp3) is 0.167. The third-order valence-electron chi connectivity index (χ3n) is 2.44. The van der Waals surface area contributed by atoms with E-state index in [1.165, 1.54) is 6.07 Å². The van der Waals surface area contributed by atoms with Crippen molar-refractivity contribution in [3.63, 3.8) is 0 Å². The highest BCUT2D eigenvalue weighted by Crippen LogP contribution is 2.29. The van der Waals surface area contributed by atoms with Gasteiger partial charge in [0.05, 0.1) is 10.7 Å². The van der Waals surface area contributed by atoms with E-state index in [0.717, 1.165) is 20.7 Å². The number of aliphatic hydroxyl groups is 1. The molecular weight excluding hydrogens is 386 g/mol. The monoisotopic (exact) mass is 395 g/mol. The van der Waals surface area contributed by atoms with Crippen molar-refractivity contribution < 1.29 is 13.5 Å². The Bertz CT molecular complexity index is 715. The molecule has 0 saturated heterocycles. The summed E-state index contributed by atoms with van der Waals surface area (Å²) < 4.78 is 27.9. The summed E-state index contributed by atoms with van der Waals surface area (Å²) >= 11 is 10.4. The molecule has 0 fully saturated rings. The second-order valence-corrected chi connectivity index (χ2v) is 8.32. The fourth-order valence-corrected chi connectivity index (χ4v) is 4.72. The molecule has 2 N–H and O–H groups in total. The number of hydrogen-bond donors (Lipinski definition) is 2. The van der Waals surface area contributed by atoms with Crippen molar-refractivity contribution >= 4 is 54.6 Å². The summed E-state index contributed by atoms with van der Waals surface area (Å²) in [7, 11) is -3.66.